The van der Waals surface area contributed by atoms with Crippen molar-refractivity contribution >= 4 is 22.9 Å². The molecule has 0 spiro atoms. The normalized spacial score (nSPS) is 19.1. The summed E-state index contributed by atoms with van der Waals surface area (Å²) in [5.74, 6) is 0.530. The minimum atomic E-state index is -0.696. The zero-order chi connectivity index (χ0) is 23.0. The number of aliphatic hydroxyl groups excluding tert-OH is 1. The second kappa shape index (κ2) is 8.18. The first-order valence-electron chi connectivity index (χ1n) is 10.6. The van der Waals surface area contributed by atoms with Gasteiger partial charge in [0.05, 0.1) is 35.8 Å². The summed E-state index contributed by atoms with van der Waals surface area (Å²) in [6.45, 7) is 3.02. The highest BCUT2D eigenvalue weighted by Crippen LogP contribution is 2.43. The fourth-order valence-electron chi connectivity index (χ4n) is 4.25. The molecule has 9 nitrogen and oxygen atoms in total. The van der Waals surface area contributed by atoms with Gasteiger partial charge in [0.2, 0.25) is 0 Å². The fraction of sp³-hybridized carbons (Fsp3) is 0.250. The van der Waals surface area contributed by atoms with Crippen LogP contribution in [0.25, 0.3) is 5.57 Å². The monoisotopic (exact) mass is 444 g/mol. The Morgan fingerprint density at radius 3 is 2.73 bits per heavy atom. The van der Waals surface area contributed by atoms with Crippen LogP contribution in [0, 0.1) is 0 Å². The number of nitrogens with two attached hydrogens (primary N) is 1. The van der Waals surface area contributed by atoms with Crippen LogP contribution in [-0.2, 0) is 24.3 Å². The van der Waals surface area contributed by atoms with E-state index < -0.39 is 11.5 Å². The zero-order valence-corrected chi connectivity index (χ0v) is 18.2. The molecule has 3 aromatic rings. The molecule has 1 amide bonds. The van der Waals surface area contributed by atoms with E-state index in [4.69, 9.17) is 10.5 Å². The molecular weight excluding hydrogens is 420 g/mol. The molecule has 9 heteroatoms. The third-order valence-electron chi connectivity index (χ3n) is 5.93. The number of amides is 1. The second-order valence-electron chi connectivity index (χ2n) is 8.44. The third-order valence-corrected chi connectivity index (χ3v) is 5.93. The quantitative estimate of drug-likeness (QED) is 0.510. The Kier molecular flexibility index (Phi) is 5.18. The van der Waals surface area contributed by atoms with Gasteiger partial charge in [-0.3, -0.25) is 9.78 Å². The van der Waals surface area contributed by atoms with Gasteiger partial charge in [-0.25, -0.2) is 9.97 Å². The summed E-state index contributed by atoms with van der Waals surface area (Å²) in [6, 6.07) is 9.46. The average molecular weight is 444 g/mol. The number of ether oxygens (including phenoxy) is 1. The number of rotatable bonds is 5. The van der Waals surface area contributed by atoms with Crippen molar-refractivity contribution in [2.75, 3.05) is 16.8 Å². The van der Waals surface area contributed by atoms with Gasteiger partial charge in [0, 0.05) is 49.4 Å². The van der Waals surface area contributed by atoms with Crippen molar-refractivity contribution in [3.8, 4) is 5.75 Å². The van der Waals surface area contributed by atoms with Crippen molar-refractivity contribution in [3.05, 3.63) is 77.8 Å². The molecule has 0 fully saturated rings. The van der Waals surface area contributed by atoms with Crippen LogP contribution in [0.5, 0.6) is 5.75 Å². The minimum absolute atomic E-state index is 0.108. The highest BCUT2D eigenvalue weighted by molar-refractivity contribution is 6.24. The van der Waals surface area contributed by atoms with Crippen molar-refractivity contribution in [2.45, 2.75) is 32.0 Å². The Hall–Kier alpha value is -3.98. The van der Waals surface area contributed by atoms with Crippen molar-refractivity contribution in [1.82, 2.24) is 15.0 Å². The first-order chi connectivity index (χ1) is 16.0. The molecule has 0 bridgehead atoms. The van der Waals surface area contributed by atoms with Crippen LogP contribution in [0.15, 0.2) is 55.1 Å². The van der Waals surface area contributed by atoms with E-state index in [9.17, 15) is 9.90 Å². The Morgan fingerprint density at radius 2 is 2.00 bits per heavy atom. The van der Waals surface area contributed by atoms with Crippen LogP contribution in [-0.4, -0.2) is 38.2 Å². The molecule has 0 unspecified atom stereocenters. The van der Waals surface area contributed by atoms with Gasteiger partial charge in [-0.15, -0.1) is 0 Å². The van der Waals surface area contributed by atoms with Gasteiger partial charge >= 0.3 is 0 Å². The van der Waals surface area contributed by atoms with E-state index in [1.807, 2.05) is 25.1 Å². The maximum atomic E-state index is 13.2. The van der Waals surface area contributed by atoms with Crippen LogP contribution in [0.3, 0.4) is 0 Å². The summed E-state index contributed by atoms with van der Waals surface area (Å²) >= 11 is 0. The first kappa shape index (κ1) is 20.9. The van der Waals surface area contributed by atoms with Gasteiger partial charge in [0.1, 0.15) is 11.4 Å². The number of carbonyl (C=O) groups excluding carboxylic acids is 1. The number of nitrogens with one attached hydrogen (secondary N) is 1. The third kappa shape index (κ3) is 3.87. The van der Waals surface area contributed by atoms with Gasteiger partial charge in [0.25, 0.3) is 5.91 Å². The lowest BCUT2D eigenvalue weighted by Crippen LogP contribution is -2.34. The molecule has 4 heterocycles. The van der Waals surface area contributed by atoms with E-state index >= 15 is 0 Å². The fourth-order valence-corrected chi connectivity index (χ4v) is 4.25. The number of pyridine rings is 1. The lowest BCUT2D eigenvalue weighted by Gasteiger charge is -2.23. The Bertz CT molecular complexity index is 1220. The molecule has 4 N–H and O–H groups in total. The molecule has 168 valence electrons. The molecule has 2 aliphatic heterocycles. The smallest absolute Gasteiger partial charge is 0.261 e. The van der Waals surface area contributed by atoms with E-state index in [0.29, 0.717) is 30.9 Å². The molecule has 2 aromatic heterocycles. The van der Waals surface area contributed by atoms with Crippen LogP contribution < -0.4 is 20.7 Å². The maximum Gasteiger partial charge on any atom is 0.261 e. The largest absolute Gasteiger partial charge is 0.484 e. The molecule has 0 saturated heterocycles. The molecule has 33 heavy (non-hydrogen) atoms. The lowest BCUT2D eigenvalue weighted by atomic mass is 9.99. The Morgan fingerprint density at radius 1 is 1.21 bits per heavy atom. The summed E-state index contributed by atoms with van der Waals surface area (Å²) in [5.41, 5.74) is 9.69. The summed E-state index contributed by atoms with van der Waals surface area (Å²) < 4.78 is 6.06. The van der Waals surface area contributed by atoms with Crippen LogP contribution in [0.1, 0.15) is 29.6 Å². The molecular formula is C24H24N6O3. The minimum Gasteiger partial charge on any atom is -0.484 e. The molecule has 2 aliphatic rings. The molecule has 1 atom stereocenters. The van der Waals surface area contributed by atoms with Crippen molar-refractivity contribution < 1.29 is 14.6 Å². The van der Waals surface area contributed by atoms with Crippen molar-refractivity contribution in [2.24, 2.45) is 5.73 Å². The SMILES string of the molecule is C[C@]1(CO)Cc2cc(NC(=O)/C(=C/N)c3ncccn3)c(N3Cc4cccnc4C3)cc2O1. The van der Waals surface area contributed by atoms with Crippen LogP contribution in [0.4, 0.5) is 11.4 Å². The van der Waals surface area contributed by atoms with E-state index in [1.54, 1.807) is 24.7 Å². The van der Waals surface area contributed by atoms with E-state index in [1.165, 1.54) is 6.20 Å². The number of hydrogen-bond donors (Lipinski definition) is 3. The van der Waals surface area contributed by atoms with E-state index in [2.05, 4.69) is 31.2 Å². The summed E-state index contributed by atoms with van der Waals surface area (Å²) in [5, 5.41) is 12.8. The molecule has 0 aliphatic carbocycles. The number of nitrogens with zero attached hydrogens (tertiary/aromatic N) is 4. The first-order valence-corrected chi connectivity index (χ1v) is 10.6. The highest BCUT2D eigenvalue weighted by atomic mass is 16.5. The summed E-state index contributed by atoms with van der Waals surface area (Å²) in [4.78, 5) is 28.1. The van der Waals surface area contributed by atoms with E-state index in [-0.39, 0.29) is 18.0 Å². The average Bonchev–Trinajstić information content (AvgIpc) is 3.40. The van der Waals surface area contributed by atoms with Gasteiger partial charge in [0.15, 0.2) is 5.82 Å². The Balaban J connectivity index is 1.51. The van der Waals surface area contributed by atoms with Crippen molar-refractivity contribution in [3.63, 3.8) is 0 Å². The predicted octanol–water partition coefficient (Wildman–Crippen LogP) is 2.02. The van der Waals surface area contributed by atoms with Gasteiger partial charge in [-0.1, -0.05) is 6.07 Å². The van der Waals surface area contributed by atoms with E-state index in [0.717, 1.165) is 22.5 Å². The topological polar surface area (TPSA) is 126 Å². The Labute approximate surface area is 191 Å². The lowest BCUT2D eigenvalue weighted by molar-refractivity contribution is -0.111. The second-order valence-corrected chi connectivity index (χ2v) is 8.44. The predicted molar refractivity (Wildman–Crippen MR) is 123 cm³/mol. The van der Waals surface area contributed by atoms with Gasteiger partial charge in [-0.2, -0.15) is 0 Å². The van der Waals surface area contributed by atoms with Gasteiger partial charge in [-0.05, 0) is 30.7 Å². The molecule has 5 rings (SSSR count). The summed E-state index contributed by atoms with van der Waals surface area (Å²) in [7, 11) is 0. The molecule has 0 saturated carbocycles. The number of fused-ring (bicyclic) bond motifs is 2. The number of anilines is 2. The standard InChI is InChI=1S/C24H24N6O3/c1-24(14-31)10-16-8-18(29-23(32)17(11-25)22-27-6-3-7-28-22)20(9-21(16)33-24)30-12-15-4-2-5-26-19(15)13-30/h2-9,11,31H,10,12-14,25H2,1H3,(H,29,32)/b17-11+/t24-/m1/s1. The number of aromatic nitrogens is 3. The number of carbonyl (C=O) groups is 1. The highest BCUT2D eigenvalue weighted by Gasteiger charge is 2.36. The molecule has 0 radical (unpaired) electrons. The maximum absolute atomic E-state index is 13.2. The number of benzene rings is 1. The summed E-state index contributed by atoms with van der Waals surface area (Å²) in [6.07, 6.45) is 6.63. The number of hydrogen-bond acceptors (Lipinski definition) is 8. The van der Waals surface area contributed by atoms with Crippen LogP contribution >= 0.6 is 0 Å². The molecule has 1 aromatic carbocycles. The van der Waals surface area contributed by atoms with Gasteiger partial charge < -0.3 is 25.8 Å². The van der Waals surface area contributed by atoms with Crippen molar-refractivity contribution in [1.29, 1.82) is 0 Å². The zero-order valence-electron chi connectivity index (χ0n) is 18.2. The number of aliphatic hydroxyl groups is 1. The van der Waals surface area contributed by atoms with Crippen LogP contribution in [0.2, 0.25) is 0 Å².